The number of hydrogen-bond donors (Lipinski definition) is 2. The topological polar surface area (TPSA) is 70.4 Å². The molecule has 0 fully saturated rings. The lowest BCUT2D eigenvalue weighted by Gasteiger charge is -2.27. The Hall–Kier alpha value is -1.63. The van der Waals surface area contributed by atoms with Crippen LogP contribution in [0.3, 0.4) is 0 Å². The van der Waals surface area contributed by atoms with Gasteiger partial charge in [0.2, 0.25) is 0 Å². The summed E-state index contributed by atoms with van der Waals surface area (Å²) in [7, 11) is 3.65. The first-order valence-corrected chi connectivity index (χ1v) is 7.13. The van der Waals surface area contributed by atoms with Crippen LogP contribution in [0.4, 0.5) is 0 Å². The number of hydrogen-bond acceptors (Lipinski definition) is 4. The second kappa shape index (κ2) is 8.52. The molecule has 1 aromatic rings. The average molecular weight is 281 g/mol. The number of nitrogens with one attached hydrogen (secondary N) is 2. The van der Waals surface area contributed by atoms with E-state index in [1.54, 1.807) is 18.1 Å². The third kappa shape index (κ3) is 4.80. The molecule has 0 amide bonds. The van der Waals surface area contributed by atoms with Crippen LogP contribution in [0.25, 0.3) is 0 Å². The number of likely N-dealkylation sites (N-methyl/N-ethyl adjacent to an activating group) is 1. The van der Waals surface area contributed by atoms with Gasteiger partial charge in [0.15, 0.2) is 5.96 Å². The number of nitrogens with zero attached hydrogens (tertiary/aromatic N) is 5. The highest BCUT2D eigenvalue weighted by atomic mass is 15.3. The molecule has 7 nitrogen and oxygen atoms in total. The van der Waals surface area contributed by atoms with E-state index < -0.39 is 0 Å². The zero-order valence-corrected chi connectivity index (χ0v) is 13.2. The van der Waals surface area contributed by atoms with E-state index in [9.17, 15) is 0 Å². The van der Waals surface area contributed by atoms with Crippen molar-refractivity contribution in [2.75, 3.05) is 26.7 Å². The van der Waals surface area contributed by atoms with E-state index in [0.717, 1.165) is 31.4 Å². The van der Waals surface area contributed by atoms with Gasteiger partial charge in [0.25, 0.3) is 0 Å². The van der Waals surface area contributed by atoms with Crippen LogP contribution in [-0.2, 0) is 13.6 Å². The van der Waals surface area contributed by atoms with Gasteiger partial charge in [-0.3, -0.25) is 14.6 Å². The molecule has 0 aliphatic rings. The number of aromatic nitrogens is 3. The van der Waals surface area contributed by atoms with Crippen LogP contribution in [0.1, 0.15) is 26.6 Å². The standard InChI is InChI=1S/C13H27N7/c1-6-20(7-2)11(3)8-15-13(14-4)16-9-12-17-10-18-19(12)5/h10-11H,6-9H2,1-5H3,(H2,14,15,16). The van der Waals surface area contributed by atoms with Crippen LogP contribution in [0.5, 0.6) is 0 Å². The van der Waals surface area contributed by atoms with Crippen LogP contribution >= 0.6 is 0 Å². The summed E-state index contributed by atoms with van der Waals surface area (Å²) in [4.78, 5) is 10.8. The van der Waals surface area contributed by atoms with Crippen LogP contribution in [0.15, 0.2) is 11.3 Å². The lowest BCUT2D eigenvalue weighted by molar-refractivity contribution is 0.231. The predicted molar refractivity (Wildman–Crippen MR) is 81.6 cm³/mol. The Balaban J connectivity index is 2.39. The van der Waals surface area contributed by atoms with Crippen molar-refractivity contribution in [3.05, 3.63) is 12.2 Å². The number of guanidine groups is 1. The van der Waals surface area contributed by atoms with Gasteiger partial charge in [0.05, 0.1) is 6.54 Å². The SMILES string of the molecule is CCN(CC)C(C)CNC(=NC)NCc1ncnn1C. The maximum Gasteiger partial charge on any atom is 0.191 e. The second-order valence-electron chi connectivity index (χ2n) is 4.68. The first-order valence-electron chi connectivity index (χ1n) is 7.13. The van der Waals surface area contributed by atoms with Crippen molar-refractivity contribution in [2.45, 2.75) is 33.4 Å². The maximum atomic E-state index is 4.22. The van der Waals surface area contributed by atoms with E-state index in [1.807, 2.05) is 7.05 Å². The van der Waals surface area contributed by atoms with Gasteiger partial charge in [-0.1, -0.05) is 13.8 Å². The van der Waals surface area contributed by atoms with Crippen molar-refractivity contribution in [3.8, 4) is 0 Å². The summed E-state index contributed by atoms with van der Waals surface area (Å²) in [5, 5.41) is 10.6. The van der Waals surface area contributed by atoms with Gasteiger partial charge >= 0.3 is 0 Å². The van der Waals surface area contributed by atoms with Crippen molar-refractivity contribution in [2.24, 2.45) is 12.0 Å². The highest BCUT2D eigenvalue weighted by molar-refractivity contribution is 5.79. The summed E-state index contributed by atoms with van der Waals surface area (Å²) in [6.45, 7) is 10.2. The molecule has 1 aromatic heterocycles. The Labute approximate surface area is 121 Å². The summed E-state index contributed by atoms with van der Waals surface area (Å²) < 4.78 is 1.75. The van der Waals surface area contributed by atoms with E-state index in [2.05, 4.69) is 51.4 Å². The molecule has 114 valence electrons. The van der Waals surface area contributed by atoms with E-state index in [0.29, 0.717) is 12.6 Å². The molecule has 0 saturated carbocycles. The smallest absolute Gasteiger partial charge is 0.191 e. The zero-order chi connectivity index (χ0) is 15.0. The van der Waals surface area contributed by atoms with Crippen molar-refractivity contribution in [3.63, 3.8) is 0 Å². The summed E-state index contributed by atoms with van der Waals surface area (Å²) >= 11 is 0. The van der Waals surface area contributed by atoms with Crippen LogP contribution in [-0.4, -0.2) is 58.3 Å². The molecular weight excluding hydrogens is 254 g/mol. The molecule has 1 heterocycles. The molecule has 0 spiro atoms. The number of aliphatic imine (C=N–C) groups is 1. The Kier molecular flexibility index (Phi) is 7.00. The molecule has 0 aromatic carbocycles. The predicted octanol–water partition coefficient (Wildman–Crippen LogP) is 0.210. The van der Waals surface area contributed by atoms with Gasteiger partial charge < -0.3 is 10.6 Å². The van der Waals surface area contributed by atoms with Crippen molar-refractivity contribution >= 4 is 5.96 Å². The van der Waals surface area contributed by atoms with Gasteiger partial charge in [-0.05, 0) is 20.0 Å². The molecule has 2 N–H and O–H groups in total. The Morgan fingerprint density at radius 1 is 1.40 bits per heavy atom. The minimum absolute atomic E-state index is 0.471. The van der Waals surface area contributed by atoms with Gasteiger partial charge in [-0.15, -0.1) is 0 Å². The lowest BCUT2D eigenvalue weighted by atomic mass is 10.3. The molecule has 1 unspecified atom stereocenters. The lowest BCUT2D eigenvalue weighted by Crippen LogP contribution is -2.45. The molecule has 0 saturated heterocycles. The minimum atomic E-state index is 0.471. The Morgan fingerprint density at radius 2 is 2.10 bits per heavy atom. The molecule has 0 aliphatic heterocycles. The normalized spacial score (nSPS) is 13.6. The number of aryl methyl sites for hydroxylation is 1. The van der Waals surface area contributed by atoms with Crippen molar-refractivity contribution in [1.29, 1.82) is 0 Å². The van der Waals surface area contributed by atoms with Crippen LogP contribution in [0.2, 0.25) is 0 Å². The van der Waals surface area contributed by atoms with Gasteiger partial charge in [0, 0.05) is 26.7 Å². The van der Waals surface area contributed by atoms with Crippen LogP contribution in [0, 0.1) is 0 Å². The summed E-state index contributed by atoms with van der Waals surface area (Å²) in [5.41, 5.74) is 0. The summed E-state index contributed by atoms with van der Waals surface area (Å²) in [6.07, 6.45) is 1.55. The highest BCUT2D eigenvalue weighted by Crippen LogP contribution is 1.96. The fourth-order valence-electron chi connectivity index (χ4n) is 2.08. The van der Waals surface area contributed by atoms with Gasteiger partial charge in [0.1, 0.15) is 12.2 Å². The minimum Gasteiger partial charge on any atom is -0.355 e. The van der Waals surface area contributed by atoms with E-state index in [-0.39, 0.29) is 0 Å². The largest absolute Gasteiger partial charge is 0.355 e. The van der Waals surface area contributed by atoms with Crippen molar-refractivity contribution < 1.29 is 0 Å². The fraction of sp³-hybridized carbons (Fsp3) is 0.769. The quantitative estimate of drug-likeness (QED) is 0.552. The molecule has 0 aliphatic carbocycles. The van der Waals surface area contributed by atoms with Gasteiger partial charge in [-0.2, -0.15) is 5.10 Å². The van der Waals surface area contributed by atoms with Crippen molar-refractivity contribution in [1.82, 2.24) is 30.3 Å². The summed E-state index contributed by atoms with van der Waals surface area (Å²) in [5.74, 6) is 1.66. The Bertz CT molecular complexity index is 409. The molecule has 1 rings (SSSR count). The zero-order valence-electron chi connectivity index (χ0n) is 13.2. The molecule has 20 heavy (non-hydrogen) atoms. The molecule has 1 atom stereocenters. The first kappa shape index (κ1) is 16.4. The molecule has 0 radical (unpaired) electrons. The number of rotatable bonds is 7. The molecule has 7 heteroatoms. The molecule has 0 bridgehead atoms. The van der Waals surface area contributed by atoms with E-state index >= 15 is 0 Å². The Morgan fingerprint density at radius 3 is 2.60 bits per heavy atom. The third-order valence-electron chi connectivity index (χ3n) is 3.44. The first-order chi connectivity index (χ1) is 9.62. The van der Waals surface area contributed by atoms with Crippen LogP contribution < -0.4 is 10.6 Å². The maximum absolute atomic E-state index is 4.22. The second-order valence-corrected chi connectivity index (χ2v) is 4.68. The molecular formula is C13H27N7. The van der Waals surface area contributed by atoms with E-state index in [1.165, 1.54) is 0 Å². The van der Waals surface area contributed by atoms with Gasteiger partial charge in [-0.25, -0.2) is 4.98 Å². The monoisotopic (exact) mass is 281 g/mol. The summed E-state index contributed by atoms with van der Waals surface area (Å²) in [6, 6.07) is 0.471. The third-order valence-corrected chi connectivity index (χ3v) is 3.44. The average Bonchev–Trinajstić information content (AvgIpc) is 2.86. The fourth-order valence-corrected chi connectivity index (χ4v) is 2.08. The van der Waals surface area contributed by atoms with E-state index in [4.69, 9.17) is 0 Å². The highest BCUT2D eigenvalue weighted by Gasteiger charge is 2.10.